The summed E-state index contributed by atoms with van der Waals surface area (Å²) in [4.78, 5) is 3.35. The molecule has 1 aliphatic carbocycles. The van der Waals surface area contributed by atoms with Gasteiger partial charge >= 0.3 is 0 Å². The smallest absolute Gasteiger partial charge is 0.192 e. The molecule has 5 rings (SSSR count). The van der Waals surface area contributed by atoms with E-state index in [0.717, 1.165) is 44.9 Å². The molecular formula is C22H22N4O2S. The summed E-state index contributed by atoms with van der Waals surface area (Å²) in [6.07, 6.45) is 4.37. The van der Waals surface area contributed by atoms with Crippen LogP contribution in [0.25, 0.3) is 22.3 Å². The number of nitrogens with one attached hydrogen (secondary N) is 1. The standard InChI is InChI=1S/C22H22N4O2S/c1-27-16-9-10-20(28-2)14(11-16)13-29-22-25-24-21(26(22)15-7-8-15)18-12-23-19-6-4-3-5-17(18)19/h3-6,9-12,15,23H,7-8,13H2,1-2H3. The highest BCUT2D eigenvalue weighted by molar-refractivity contribution is 7.98. The van der Waals surface area contributed by atoms with Crippen LogP contribution in [0.1, 0.15) is 24.4 Å². The lowest BCUT2D eigenvalue weighted by atomic mass is 10.1. The van der Waals surface area contributed by atoms with E-state index in [1.165, 1.54) is 18.2 Å². The van der Waals surface area contributed by atoms with Crippen LogP contribution in [-0.2, 0) is 5.75 Å². The minimum atomic E-state index is 0.475. The van der Waals surface area contributed by atoms with Gasteiger partial charge in [0.15, 0.2) is 11.0 Å². The molecule has 1 fully saturated rings. The lowest BCUT2D eigenvalue weighted by Gasteiger charge is -2.11. The Morgan fingerprint density at radius 3 is 2.76 bits per heavy atom. The predicted molar refractivity (Wildman–Crippen MR) is 115 cm³/mol. The predicted octanol–water partition coefficient (Wildman–Crippen LogP) is 5.07. The van der Waals surface area contributed by atoms with E-state index in [9.17, 15) is 0 Å². The molecule has 7 heteroatoms. The number of hydrogen-bond donors (Lipinski definition) is 1. The van der Waals surface area contributed by atoms with Crippen LogP contribution in [0.15, 0.2) is 53.8 Å². The monoisotopic (exact) mass is 406 g/mol. The fourth-order valence-corrected chi connectivity index (χ4v) is 4.60. The molecule has 1 N–H and O–H groups in total. The summed E-state index contributed by atoms with van der Waals surface area (Å²) in [5.74, 6) is 3.35. The summed E-state index contributed by atoms with van der Waals surface area (Å²) in [6.45, 7) is 0. The first-order valence-corrected chi connectivity index (χ1v) is 10.6. The molecule has 0 amide bonds. The molecule has 2 aromatic heterocycles. The number of aromatic amines is 1. The van der Waals surface area contributed by atoms with Crippen molar-refractivity contribution in [1.82, 2.24) is 19.7 Å². The first kappa shape index (κ1) is 18.1. The molecule has 29 heavy (non-hydrogen) atoms. The van der Waals surface area contributed by atoms with Crippen molar-refractivity contribution in [3.05, 3.63) is 54.2 Å². The van der Waals surface area contributed by atoms with E-state index in [4.69, 9.17) is 9.47 Å². The van der Waals surface area contributed by atoms with Gasteiger partial charge in [0.25, 0.3) is 0 Å². The van der Waals surface area contributed by atoms with E-state index >= 15 is 0 Å². The lowest BCUT2D eigenvalue weighted by molar-refractivity contribution is 0.400. The van der Waals surface area contributed by atoms with Crippen molar-refractivity contribution < 1.29 is 9.47 Å². The largest absolute Gasteiger partial charge is 0.497 e. The topological polar surface area (TPSA) is 65.0 Å². The van der Waals surface area contributed by atoms with Crippen molar-refractivity contribution in [2.75, 3.05) is 14.2 Å². The van der Waals surface area contributed by atoms with Gasteiger partial charge in [0.1, 0.15) is 11.5 Å². The molecule has 0 atom stereocenters. The zero-order valence-electron chi connectivity index (χ0n) is 16.4. The van der Waals surface area contributed by atoms with E-state index in [2.05, 4.69) is 37.9 Å². The number of para-hydroxylation sites is 1. The maximum Gasteiger partial charge on any atom is 0.192 e. The summed E-state index contributed by atoms with van der Waals surface area (Å²) in [6, 6.07) is 14.7. The Bertz CT molecular complexity index is 1160. The molecule has 1 aliphatic rings. The van der Waals surface area contributed by atoms with E-state index in [0.29, 0.717) is 6.04 Å². The Morgan fingerprint density at radius 1 is 1.10 bits per heavy atom. The highest BCUT2D eigenvalue weighted by atomic mass is 32.2. The van der Waals surface area contributed by atoms with Crippen molar-refractivity contribution in [3.63, 3.8) is 0 Å². The summed E-state index contributed by atoms with van der Waals surface area (Å²) < 4.78 is 13.2. The Kier molecular flexibility index (Phi) is 4.67. The molecule has 0 bridgehead atoms. The van der Waals surface area contributed by atoms with Gasteiger partial charge in [-0.25, -0.2) is 0 Å². The second kappa shape index (κ2) is 7.48. The van der Waals surface area contributed by atoms with Crippen LogP contribution in [-0.4, -0.2) is 34.0 Å². The quantitative estimate of drug-likeness (QED) is 0.434. The molecule has 0 aliphatic heterocycles. The maximum atomic E-state index is 5.52. The lowest BCUT2D eigenvalue weighted by Crippen LogP contribution is -2.00. The van der Waals surface area contributed by atoms with E-state index in [-0.39, 0.29) is 0 Å². The van der Waals surface area contributed by atoms with Crippen LogP contribution in [0.2, 0.25) is 0 Å². The summed E-state index contributed by atoms with van der Waals surface area (Å²) in [5, 5.41) is 11.2. The molecule has 0 unspecified atom stereocenters. The van der Waals surface area contributed by atoms with Crippen LogP contribution in [0.3, 0.4) is 0 Å². The second-order valence-corrected chi connectivity index (χ2v) is 8.06. The molecular weight excluding hydrogens is 384 g/mol. The number of ether oxygens (including phenoxy) is 2. The number of rotatable bonds is 7. The zero-order chi connectivity index (χ0) is 19.8. The van der Waals surface area contributed by atoms with Crippen LogP contribution >= 0.6 is 11.8 Å². The fourth-order valence-electron chi connectivity index (χ4n) is 3.61. The molecule has 148 valence electrons. The third-order valence-electron chi connectivity index (χ3n) is 5.25. The number of nitrogens with zero attached hydrogens (tertiary/aromatic N) is 3. The number of benzene rings is 2. The van der Waals surface area contributed by atoms with Crippen LogP contribution < -0.4 is 9.47 Å². The van der Waals surface area contributed by atoms with Crippen molar-refractivity contribution in [3.8, 4) is 22.9 Å². The number of thioether (sulfide) groups is 1. The molecule has 1 saturated carbocycles. The molecule has 6 nitrogen and oxygen atoms in total. The summed E-state index contributed by atoms with van der Waals surface area (Å²) in [5.41, 5.74) is 3.30. The highest BCUT2D eigenvalue weighted by Crippen LogP contribution is 2.43. The molecule has 0 radical (unpaired) electrons. The second-order valence-electron chi connectivity index (χ2n) is 7.12. The highest BCUT2D eigenvalue weighted by Gasteiger charge is 2.31. The Balaban J connectivity index is 1.48. The van der Waals surface area contributed by atoms with Crippen molar-refractivity contribution in [2.45, 2.75) is 29.8 Å². The fraction of sp³-hybridized carbons (Fsp3) is 0.273. The van der Waals surface area contributed by atoms with Gasteiger partial charge in [-0.2, -0.15) is 0 Å². The van der Waals surface area contributed by atoms with Gasteiger partial charge in [-0.15, -0.1) is 10.2 Å². The van der Waals surface area contributed by atoms with E-state index in [1.54, 1.807) is 26.0 Å². The molecule has 0 saturated heterocycles. The first-order valence-electron chi connectivity index (χ1n) is 9.63. The number of aromatic nitrogens is 4. The van der Waals surface area contributed by atoms with Gasteiger partial charge in [0.2, 0.25) is 0 Å². The Morgan fingerprint density at radius 2 is 1.97 bits per heavy atom. The normalized spacial score (nSPS) is 13.7. The molecule has 4 aromatic rings. The number of H-pyrrole nitrogens is 1. The third-order valence-corrected chi connectivity index (χ3v) is 6.24. The van der Waals surface area contributed by atoms with Gasteiger partial charge in [0, 0.05) is 40.0 Å². The van der Waals surface area contributed by atoms with Crippen LogP contribution in [0.4, 0.5) is 0 Å². The Hall–Kier alpha value is -2.93. The van der Waals surface area contributed by atoms with E-state index in [1.807, 2.05) is 30.5 Å². The number of methoxy groups -OCH3 is 2. The SMILES string of the molecule is COc1ccc(OC)c(CSc2nnc(-c3c[nH]c4ccccc34)n2C2CC2)c1. The van der Waals surface area contributed by atoms with E-state index < -0.39 is 0 Å². The minimum absolute atomic E-state index is 0.475. The summed E-state index contributed by atoms with van der Waals surface area (Å²) >= 11 is 1.68. The van der Waals surface area contributed by atoms with Gasteiger partial charge in [-0.3, -0.25) is 4.57 Å². The molecule has 0 spiro atoms. The zero-order valence-corrected chi connectivity index (χ0v) is 17.2. The average molecular weight is 407 g/mol. The number of fused-ring (bicyclic) bond motifs is 1. The maximum absolute atomic E-state index is 5.52. The third kappa shape index (κ3) is 3.35. The van der Waals surface area contributed by atoms with Crippen molar-refractivity contribution in [2.24, 2.45) is 0 Å². The van der Waals surface area contributed by atoms with Gasteiger partial charge in [-0.05, 0) is 37.1 Å². The summed E-state index contributed by atoms with van der Waals surface area (Å²) in [7, 11) is 3.37. The van der Waals surface area contributed by atoms with Gasteiger partial charge in [0.05, 0.1) is 14.2 Å². The molecule has 2 heterocycles. The average Bonchev–Trinajstić information content (AvgIpc) is 3.38. The van der Waals surface area contributed by atoms with Crippen LogP contribution in [0, 0.1) is 0 Å². The first-order chi connectivity index (χ1) is 14.3. The van der Waals surface area contributed by atoms with Gasteiger partial charge in [-0.1, -0.05) is 30.0 Å². The van der Waals surface area contributed by atoms with Crippen molar-refractivity contribution in [1.29, 1.82) is 0 Å². The number of hydrogen-bond acceptors (Lipinski definition) is 5. The van der Waals surface area contributed by atoms with Gasteiger partial charge < -0.3 is 14.5 Å². The molecule has 2 aromatic carbocycles. The van der Waals surface area contributed by atoms with Crippen LogP contribution in [0.5, 0.6) is 11.5 Å². The van der Waals surface area contributed by atoms with Crippen molar-refractivity contribution >= 4 is 22.7 Å². The minimum Gasteiger partial charge on any atom is -0.497 e. The Labute approximate surface area is 173 Å².